The number of nitrogens with one attached hydrogen (secondary N) is 1. The molecule has 1 aromatic heterocycles. The van der Waals surface area contributed by atoms with Gasteiger partial charge in [-0.3, -0.25) is 0 Å². The van der Waals surface area contributed by atoms with Crippen molar-refractivity contribution in [2.45, 2.75) is 25.8 Å². The first-order chi connectivity index (χ1) is 7.66. The van der Waals surface area contributed by atoms with E-state index in [1.165, 1.54) is 12.8 Å². The second kappa shape index (κ2) is 4.83. The van der Waals surface area contributed by atoms with Gasteiger partial charge in [0.2, 0.25) is 0 Å². The fraction of sp³-hybridized carbons (Fsp3) is 0.615. The highest BCUT2D eigenvalue weighted by Gasteiger charge is 2.32. The van der Waals surface area contributed by atoms with Crippen molar-refractivity contribution >= 4 is 5.82 Å². The van der Waals surface area contributed by atoms with Gasteiger partial charge in [-0.05, 0) is 51.9 Å². The zero-order valence-electron chi connectivity index (χ0n) is 10.4. The highest BCUT2D eigenvalue weighted by molar-refractivity contribution is 5.35. The Morgan fingerprint density at radius 1 is 1.44 bits per heavy atom. The number of aromatic nitrogens is 1. The number of nitrogens with zero attached hydrogens (tertiary/aromatic N) is 2. The van der Waals surface area contributed by atoms with E-state index in [-0.39, 0.29) is 0 Å². The van der Waals surface area contributed by atoms with Crippen LogP contribution in [0.3, 0.4) is 0 Å². The van der Waals surface area contributed by atoms with Crippen LogP contribution >= 0.6 is 0 Å². The minimum atomic E-state index is 0.641. The molecule has 1 heterocycles. The number of likely N-dealkylation sites (N-methyl/N-ethyl adjacent to an activating group) is 1. The highest BCUT2D eigenvalue weighted by atomic mass is 15.1. The van der Waals surface area contributed by atoms with Gasteiger partial charge >= 0.3 is 0 Å². The van der Waals surface area contributed by atoms with E-state index in [0.29, 0.717) is 6.04 Å². The lowest BCUT2D eigenvalue weighted by Gasteiger charge is -2.24. The van der Waals surface area contributed by atoms with Crippen molar-refractivity contribution in [3.8, 4) is 0 Å². The molecule has 1 unspecified atom stereocenters. The molecule has 16 heavy (non-hydrogen) atoms. The van der Waals surface area contributed by atoms with E-state index in [4.69, 9.17) is 0 Å². The average molecular weight is 219 g/mol. The first kappa shape index (κ1) is 11.4. The number of anilines is 1. The summed E-state index contributed by atoms with van der Waals surface area (Å²) in [5, 5.41) is 3.44. The topological polar surface area (TPSA) is 28.2 Å². The van der Waals surface area contributed by atoms with Crippen molar-refractivity contribution < 1.29 is 0 Å². The van der Waals surface area contributed by atoms with Crippen molar-refractivity contribution in [3.63, 3.8) is 0 Å². The molecular weight excluding hydrogens is 198 g/mol. The van der Waals surface area contributed by atoms with Crippen molar-refractivity contribution in [2.75, 3.05) is 26.0 Å². The maximum atomic E-state index is 4.45. The van der Waals surface area contributed by atoms with E-state index >= 15 is 0 Å². The molecule has 0 amide bonds. The van der Waals surface area contributed by atoms with E-state index in [9.17, 15) is 0 Å². The largest absolute Gasteiger partial charge is 0.368 e. The molecule has 0 bridgehead atoms. The second-order valence-corrected chi connectivity index (χ2v) is 4.91. The molecule has 2 rings (SSSR count). The smallest absolute Gasteiger partial charge is 0.126 e. The van der Waals surface area contributed by atoms with Gasteiger partial charge in [-0.25, -0.2) is 4.98 Å². The molecule has 1 aliphatic carbocycles. The van der Waals surface area contributed by atoms with Gasteiger partial charge in [0.05, 0.1) is 0 Å². The molecule has 3 nitrogen and oxygen atoms in total. The zero-order chi connectivity index (χ0) is 11.5. The summed E-state index contributed by atoms with van der Waals surface area (Å²) in [7, 11) is 4.32. The number of pyridine rings is 1. The van der Waals surface area contributed by atoms with Gasteiger partial charge in [-0.15, -0.1) is 0 Å². The summed E-state index contributed by atoms with van der Waals surface area (Å²) in [5.74, 6) is 1.87. The van der Waals surface area contributed by atoms with Crippen LogP contribution in [0.4, 0.5) is 5.82 Å². The first-order valence-corrected chi connectivity index (χ1v) is 6.01. The quantitative estimate of drug-likeness (QED) is 0.822. The number of aryl methyl sites for hydroxylation is 1. The lowest BCUT2D eigenvalue weighted by atomic mass is 10.1. The Balaban J connectivity index is 1.90. The van der Waals surface area contributed by atoms with Gasteiger partial charge in [-0.2, -0.15) is 0 Å². The minimum Gasteiger partial charge on any atom is -0.368 e. The van der Waals surface area contributed by atoms with E-state index < -0.39 is 0 Å². The summed E-state index contributed by atoms with van der Waals surface area (Å²) in [6, 6.07) is 6.75. The molecule has 88 valence electrons. The average Bonchev–Trinajstić information content (AvgIpc) is 3.02. The van der Waals surface area contributed by atoms with Crippen LogP contribution < -0.4 is 5.32 Å². The molecule has 0 aromatic carbocycles. The van der Waals surface area contributed by atoms with Crippen LogP contribution in [0.2, 0.25) is 0 Å². The molecule has 1 atom stereocenters. The Hall–Kier alpha value is -1.09. The van der Waals surface area contributed by atoms with Crippen LogP contribution in [0.15, 0.2) is 18.2 Å². The Kier molecular flexibility index (Phi) is 3.44. The van der Waals surface area contributed by atoms with Crippen LogP contribution in [-0.4, -0.2) is 36.6 Å². The molecule has 1 aromatic rings. The Labute approximate surface area is 97.9 Å². The van der Waals surface area contributed by atoms with Crippen LogP contribution in [0.1, 0.15) is 18.5 Å². The maximum absolute atomic E-state index is 4.45. The molecule has 1 aliphatic rings. The van der Waals surface area contributed by atoms with E-state index in [1.807, 2.05) is 25.1 Å². The van der Waals surface area contributed by atoms with Crippen LogP contribution in [-0.2, 0) is 0 Å². The minimum absolute atomic E-state index is 0.641. The molecule has 0 radical (unpaired) electrons. The van der Waals surface area contributed by atoms with Crippen LogP contribution in [0.5, 0.6) is 0 Å². The summed E-state index contributed by atoms with van der Waals surface area (Å²) in [4.78, 5) is 6.77. The Bertz CT molecular complexity index is 343. The third-order valence-electron chi connectivity index (χ3n) is 3.21. The summed E-state index contributed by atoms with van der Waals surface area (Å²) >= 11 is 0. The van der Waals surface area contributed by atoms with Crippen LogP contribution in [0.25, 0.3) is 0 Å². The number of hydrogen-bond donors (Lipinski definition) is 1. The molecule has 1 saturated carbocycles. The van der Waals surface area contributed by atoms with Crippen molar-refractivity contribution in [3.05, 3.63) is 23.9 Å². The molecule has 0 spiro atoms. The molecule has 1 fully saturated rings. The predicted molar refractivity (Wildman–Crippen MR) is 67.7 cm³/mol. The normalized spacial score (nSPS) is 17.5. The lowest BCUT2D eigenvalue weighted by Crippen LogP contribution is -2.36. The monoisotopic (exact) mass is 219 g/mol. The van der Waals surface area contributed by atoms with E-state index in [0.717, 1.165) is 24.0 Å². The summed E-state index contributed by atoms with van der Waals surface area (Å²) in [6.07, 6.45) is 2.76. The van der Waals surface area contributed by atoms with Gasteiger partial charge in [0.15, 0.2) is 0 Å². The lowest BCUT2D eigenvalue weighted by molar-refractivity contribution is 0.276. The fourth-order valence-corrected chi connectivity index (χ4v) is 2.10. The first-order valence-electron chi connectivity index (χ1n) is 6.01. The van der Waals surface area contributed by atoms with Gasteiger partial charge in [-0.1, -0.05) is 6.07 Å². The van der Waals surface area contributed by atoms with Gasteiger partial charge in [0, 0.05) is 18.3 Å². The standard InChI is InChI=1S/C13H21N3/c1-10-5-4-6-13(15-10)14-9-12(16(2)3)11-7-8-11/h4-6,11-12H,7-9H2,1-3H3,(H,14,15). The van der Waals surface area contributed by atoms with E-state index in [1.54, 1.807) is 0 Å². The maximum Gasteiger partial charge on any atom is 0.126 e. The summed E-state index contributed by atoms with van der Waals surface area (Å²) in [5.41, 5.74) is 1.07. The van der Waals surface area contributed by atoms with Gasteiger partial charge < -0.3 is 10.2 Å². The molecule has 0 saturated heterocycles. The third kappa shape index (κ3) is 2.95. The van der Waals surface area contributed by atoms with Gasteiger partial charge in [0.1, 0.15) is 5.82 Å². The number of hydrogen-bond acceptors (Lipinski definition) is 3. The molecular formula is C13H21N3. The molecule has 1 N–H and O–H groups in total. The number of rotatable bonds is 5. The summed E-state index contributed by atoms with van der Waals surface area (Å²) < 4.78 is 0. The zero-order valence-corrected chi connectivity index (χ0v) is 10.4. The van der Waals surface area contributed by atoms with Crippen molar-refractivity contribution in [2.24, 2.45) is 5.92 Å². The second-order valence-electron chi connectivity index (χ2n) is 4.91. The van der Waals surface area contributed by atoms with Crippen molar-refractivity contribution in [1.82, 2.24) is 9.88 Å². The predicted octanol–water partition coefficient (Wildman–Crippen LogP) is 2.14. The summed E-state index contributed by atoms with van der Waals surface area (Å²) in [6.45, 7) is 3.02. The van der Waals surface area contributed by atoms with Crippen molar-refractivity contribution in [1.29, 1.82) is 0 Å². The Morgan fingerprint density at radius 2 is 2.19 bits per heavy atom. The SMILES string of the molecule is Cc1cccc(NCC(C2CC2)N(C)C)n1. The third-order valence-corrected chi connectivity index (χ3v) is 3.21. The Morgan fingerprint density at radius 3 is 2.75 bits per heavy atom. The highest BCUT2D eigenvalue weighted by Crippen LogP contribution is 2.34. The van der Waals surface area contributed by atoms with E-state index in [2.05, 4.69) is 29.3 Å². The molecule has 0 aliphatic heterocycles. The van der Waals surface area contributed by atoms with Crippen LogP contribution in [0, 0.1) is 12.8 Å². The van der Waals surface area contributed by atoms with Gasteiger partial charge in [0.25, 0.3) is 0 Å². The molecule has 3 heteroatoms. The fourth-order valence-electron chi connectivity index (χ4n) is 2.10.